The molecule has 0 aliphatic heterocycles. The van der Waals surface area contributed by atoms with Crippen molar-refractivity contribution in [1.82, 2.24) is 9.97 Å². The van der Waals surface area contributed by atoms with Crippen molar-refractivity contribution >= 4 is 34.9 Å². The molecule has 4 aromatic carbocycles. The Morgan fingerprint density at radius 2 is 0.838 bits per heavy atom. The van der Waals surface area contributed by atoms with E-state index < -0.39 is 0 Å². The Bertz CT molecular complexity index is 1600. The molecule has 0 bridgehead atoms. The normalized spacial score (nSPS) is 10.9. The average Bonchev–Trinajstić information content (AvgIpc) is 3.36. The minimum absolute atomic E-state index is 0.622. The van der Waals surface area contributed by atoms with Gasteiger partial charge < -0.3 is 0 Å². The van der Waals surface area contributed by atoms with Crippen LogP contribution in [0.4, 0.5) is 0 Å². The van der Waals surface area contributed by atoms with Crippen LogP contribution in [0.2, 0.25) is 0 Å². The molecule has 2 heterocycles. The first-order valence-electron chi connectivity index (χ1n) is 11.8. The van der Waals surface area contributed by atoms with E-state index in [1.165, 1.54) is 0 Å². The molecule has 0 fully saturated rings. The monoisotopic (exact) mass is 496 g/mol. The van der Waals surface area contributed by atoms with Gasteiger partial charge in [0.15, 0.2) is 0 Å². The topological polar surface area (TPSA) is 59.9 Å². The Kier molecular flexibility index (Phi) is 5.97. The van der Waals surface area contributed by atoms with E-state index in [2.05, 4.69) is 0 Å². The quantitative estimate of drug-likeness (QED) is 0.219. The van der Waals surface area contributed by atoms with Gasteiger partial charge in [-0.2, -0.15) is 0 Å². The number of benzene rings is 4. The van der Waals surface area contributed by atoms with Crippen molar-refractivity contribution in [3.63, 3.8) is 0 Å². The lowest BCUT2D eigenvalue weighted by Gasteiger charge is -2.10. The fourth-order valence-electron chi connectivity index (χ4n) is 4.36. The molecule has 0 atom stereocenters. The van der Waals surface area contributed by atoms with Crippen LogP contribution in [0, 0.1) is 0 Å². The molecular weight excluding hydrogens is 476 g/mol. The highest BCUT2D eigenvalue weighted by atomic mass is 32.1. The van der Waals surface area contributed by atoms with Gasteiger partial charge in [-0.15, -0.1) is 11.3 Å². The largest absolute Gasteiger partial charge is 0.298 e. The molecule has 0 saturated carbocycles. The highest BCUT2D eigenvalue weighted by Gasteiger charge is 2.21. The van der Waals surface area contributed by atoms with Gasteiger partial charge in [-0.25, -0.2) is 9.97 Å². The van der Waals surface area contributed by atoms with E-state index in [-0.39, 0.29) is 0 Å². The maximum absolute atomic E-state index is 11.2. The van der Waals surface area contributed by atoms with E-state index >= 15 is 0 Å². The van der Waals surface area contributed by atoms with Gasteiger partial charge >= 0.3 is 0 Å². The van der Waals surface area contributed by atoms with Crippen LogP contribution in [0.15, 0.2) is 109 Å². The molecule has 0 spiro atoms. The van der Waals surface area contributed by atoms with Crippen LogP contribution < -0.4 is 0 Å². The molecule has 0 N–H and O–H groups in total. The van der Waals surface area contributed by atoms with Crippen LogP contribution in [0.1, 0.15) is 20.7 Å². The van der Waals surface area contributed by atoms with Crippen LogP contribution in [0.3, 0.4) is 0 Å². The van der Waals surface area contributed by atoms with Gasteiger partial charge in [0.1, 0.15) is 23.6 Å². The molecule has 4 nitrogen and oxygen atoms in total. The number of carbonyl (C=O) groups is 2. The summed E-state index contributed by atoms with van der Waals surface area (Å²) in [5, 5.41) is 0. The Hall–Kier alpha value is -4.74. The lowest BCUT2D eigenvalue weighted by atomic mass is 10.0. The van der Waals surface area contributed by atoms with E-state index in [0.717, 1.165) is 67.0 Å². The van der Waals surface area contributed by atoms with E-state index in [9.17, 15) is 9.59 Å². The van der Waals surface area contributed by atoms with Crippen LogP contribution in [-0.4, -0.2) is 22.5 Å². The summed E-state index contributed by atoms with van der Waals surface area (Å²) in [4.78, 5) is 34.9. The maximum Gasteiger partial charge on any atom is 0.150 e. The van der Waals surface area contributed by atoms with Crippen molar-refractivity contribution in [2.75, 3.05) is 0 Å². The highest BCUT2D eigenvalue weighted by molar-refractivity contribution is 7.20. The molecule has 2 aromatic heterocycles. The minimum atomic E-state index is 0.622. The van der Waals surface area contributed by atoms with Gasteiger partial charge in [0.2, 0.25) is 0 Å². The summed E-state index contributed by atoms with van der Waals surface area (Å²) in [6.07, 6.45) is 1.69. The Labute approximate surface area is 217 Å². The zero-order chi connectivity index (χ0) is 25.2. The molecule has 6 aromatic rings. The van der Waals surface area contributed by atoms with Gasteiger partial charge in [-0.1, -0.05) is 109 Å². The summed E-state index contributed by atoms with van der Waals surface area (Å²) in [7, 11) is 0. The molecule has 6 rings (SSSR count). The lowest BCUT2D eigenvalue weighted by Crippen LogP contribution is -1.95. The molecule has 176 valence electrons. The number of fused-ring (bicyclic) bond motifs is 1. The molecule has 0 aliphatic rings. The van der Waals surface area contributed by atoms with Gasteiger partial charge in [-0.3, -0.25) is 9.59 Å². The van der Waals surface area contributed by atoms with Crippen molar-refractivity contribution in [3.05, 3.63) is 120 Å². The smallest absolute Gasteiger partial charge is 0.150 e. The molecule has 0 amide bonds. The second-order valence-corrected chi connectivity index (χ2v) is 9.61. The first kappa shape index (κ1) is 22.7. The fraction of sp³-hybridized carbons (Fsp3) is 0. The number of carbonyl (C=O) groups excluding carboxylic acids is 2. The van der Waals surface area contributed by atoms with Gasteiger partial charge in [0.25, 0.3) is 0 Å². The number of aromatic nitrogens is 2. The van der Waals surface area contributed by atoms with Crippen molar-refractivity contribution in [2.24, 2.45) is 0 Å². The van der Waals surface area contributed by atoms with Crippen molar-refractivity contribution in [2.45, 2.75) is 0 Å². The lowest BCUT2D eigenvalue weighted by molar-refractivity contribution is 0.111. The van der Waals surface area contributed by atoms with Crippen LogP contribution in [0.5, 0.6) is 0 Å². The van der Waals surface area contributed by atoms with Crippen molar-refractivity contribution < 1.29 is 9.59 Å². The van der Waals surface area contributed by atoms with Gasteiger partial charge in [0, 0.05) is 22.3 Å². The third-order valence-corrected chi connectivity index (χ3v) is 7.51. The number of hydrogen-bond donors (Lipinski definition) is 0. The number of aldehydes is 2. The Balaban J connectivity index is 1.68. The standard InChI is InChI=1S/C32H20N2O2S/c35-19-21-11-15-25(16-12-21)31-29-30(32(37-31)26-17-13-22(20-36)14-18-26)34-28(24-9-5-2-6-10-24)27(33-29)23-7-3-1-4-8-23/h1-20H. The molecule has 0 saturated heterocycles. The van der Waals surface area contributed by atoms with Crippen LogP contribution >= 0.6 is 11.3 Å². The summed E-state index contributed by atoms with van der Waals surface area (Å²) in [5.74, 6) is 0. The average molecular weight is 497 g/mol. The SMILES string of the molecule is O=Cc1ccc(-c2sc(-c3ccc(C=O)cc3)c3nc(-c4ccccc4)c(-c4ccccc4)nc23)cc1. The number of hydrogen-bond acceptors (Lipinski definition) is 5. The molecule has 0 radical (unpaired) electrons. The molecule has 5 heteroatoms. The van der Waals surface area contributed by atoms with E-state index in [4.69, 9.17) is 9.97 Å². The predicted molar refractivity (Wildman–Crippen MR) is 150 cm³/mol. The molecule has 37 heavy (non-hydrogen) atoms. The fourth-order valence-corrected chi connectivity index (χ4v) is 5.55. The molecule has 0 aliphatic carbocycles. The van der Waals surface area contributed by atoms with Crippen LogP contribution in [-0.2, 0) is 0 Å². The Morgan fingerprint density at radius 3 is 1.19 bits per heavy atom. The number of nitrogens with zero attached hydrogens (tertiary/aromatic N) is 2. The summed E-state index contributed by atoms with van der Waals surface area (Å²) in [6.45, 7) is 0. The van der Waals surface area contributed by atoms with Crippen molar-refractivity contribution in [1.29, 1.82) is 0 Å². The van der Waals surface area contributed by atoms with E-state index in [1.807, 2.05) is 109 Å². The second kappa shape index (κ2) is 9.72. The number of rotatable bonds is 6. The van der Waals surface area contributed by atoms with E-state index in [1.54, 1.807) is 11.3 Å². The third-order valence-electron chi connectivity index (χ3n) is 6.24. The van der Waals surface area contributed by atoms with E-state index in [0.29, 0.717) is 11.1 Å². The maximum atomic E-state index is 11.2. The zero-order valence-corrected chi connectivity index (χ0v) is 20.5. The summed E-state index contributed by atoms with van der Waals surface area (Å²) in [5.41, 5.74) is 8.38. The van der Waals surface area contributed by atoms with Crippen molar-refractivity contribution in [3.8, 4) is 43.4 Å². The Morgan fingerprint density at radius 1 is 0.459 bits per heavy atom. The van der Waals surface area contributed by atoms with Gasteiger partial charge in [-0.05, 0) is 11.1 Å². The first-order chi connectivity index (χ1) is 18.2. The first-order valence-corrected chi connectivity index (χ1v) is 12.6. The minimum Gasteiger partial charge on any atom is -0.298 e. The van der Waals surface area contributed by atoms with Gasteiger partial charge in [0.05, 0.1) is 21.1 Å². The zero-order valence-electron chi connectivity index (χ0n) is 19.7. The number of thiophene rings is 1. The molecular formula is C32H20N2O2S. The third kappa shape index (κ3) is 4.26. The van der Waals surface area contributed by atoms with Crippen LogP contribution in [0.25, 0.3) is 54.4 Å². The summed E-state index contributed by atoms with van der Waals surface area (Å²) < 4.78 is 0. The second-order valence-electron chi connectivity index (χ2n) is 8.59. The highest BCUT2D eigenvalue weighted by Crippen LogP contribution is 2.44. The predicted octanol–water partition coefficient (Wildman–Crippen LogP) is 7.98. The molecule has 0 unspecified atom stereocenters. The summed E-state index contributed by atoms with van der Waals surface area (Å²) in [6, 6.07) is 35.2. The summed E-state index contributed by atoms with van der Waals surface area (Å²) >= 11 is 1.61.